The number of esters is 1. The minimum Gasteiger partial charge on any atom is -0.494 e. The van der Waals surface area contributed by atoms with Crippen LogP contribution in [0, 0.1) is 0 Å². The highest BCUT2D eigenvalue weighted by Gasteiger charge is 2.04. The normalized spacial score (nSPS) is 11.0. The SMILES string of the molecule is C=C(C)C(=O)OCCCCCCCCCCCOc1ccc(C(=O)/C=C/c2ccc(CCCC)cc2)cc1. The standard InChI is InChI=1S/C34H46O4/c1-4-5-15-29-16-18-30(19-17-29)20-25-33(35)31-21-23-32(24-22-31)37-26-13-11-9-7-6-8-10-12-14-27-38-34(36)28(2)3/h16-25H,2,4-15,26-27H2,1,3H3/b25-20+. The molecule has 2 aromatic rings. The Morgan fingerprint density at radius 2 is 1.34 bits per heavy atom. The van der Waals surface area contributed by atoms with Gasteiger partial charge in [-0.05, 0) is 74.1 Å². The molecule has 0 saturated heterocycles. The van der Waals surface area contributed by atoms with E-state index in [1.807, 2.05) is 30.3 Å². The van der Waals surface area contributed by atoms with Crippen molar-refractivity contribution in [2.24, 2.45) is 0 Å². The molecule has 0 aromatic heterocycles. The lowest BCUT2D eigenvalue weighted by Gasteiger charge is -2.07. The second kappa shape index (κ2) is 19.0. The molecule has 0 radical (unpaired) electrons. The predicted octanol–water partition coefficient (Wildman–Crippen LogP) is 8.93. The molecule has 0 aliphatic carbocycles. The van der Waals surface area contributed by atoms with Crippen LogP contribution < -0.4 is 4.74 Å². The lowest BCUT2D eigenvalue weighted by molar-refractivity contribution is -0.139. The van der Waals surface area contributed by atoms with Crippen molar-refractivity contribution in [1.82, 2.24) is 0 Å². The Hall–Kier alpha value is -3.14. The zero-order valence-corrected chi connectivity index (χ0v) is 23.5. The maximum atomic E-state index is 12.5. The van der Waals surface area contributed by atoms with Gasteiger partial charge in [-0.2, -0.15) is 0 Å². The summed E-state index contributed by atoms with van der Waals surface area (Å²) in [6, 6.07) is 15.8. The van der Waals surface area contributed by atoms with Gasteiger partial charge in [0.15, 0.2) is 5.78 Å². The van der Waals surface area contributed by atoms with Crippen molar-refractivity contribution in [3.63, 3.8) is 0 Å². The molecule has 0 bridgehead atoms. The molecule has 4 heteroatoms. The van der Waals surface area contributed by atoms with Crippen LogP contribution in [0.5, 0.6) is 5.75 Å². The zero-order valence-electron chi connectivity index (χ0n) is 23.5. The largest absolute Gasteiger partial charge is 0.494 e. The monoisotopic (exact) mass is 518 g/mol. The van der Waals surface area contributed by atoms with Gasteiger partial charge in [-0.25, -0.2) is 4.79 Å². The molecule has 38 heavy (non-hydrogen) atoms. The average Bonchev–Trinajstić information content (AvgIpc) is 2.93. The van der Waals surface area contributed by atoms with Crippen molar-refractivity contribution in [1.29, 1.82) is 0 Å². The molecule has 4 nitrogen and oxygen atoms in total. The van der Waals surface area contributed by atoms with Crippen molar-refractivity contribution in [3.8, 4) is 5.75 Å². The average molecular weight is 519 g/mol. The van der Waals surface area contributed by atoms with Crippen LogP contribution in [-0.2, 0) is 16.0 Å². The van der Waals surface area contributed by atoms with E-state index in [1.165, 1.54) is 50.5 Å². The van der Waals surface area contributed by atoms with Gasteiger partial charge in [0.05, 0.1) is 13.2 Å². The quantitative estimate of drug-likeness (QED) is 0.0760. The van der Waals surface area contributed by atoms with Crippen molar-refractivity contribution in [2.45, 2.75) is 90.9 Å². The van der Waals surface area contributed by atoms with Gasteiger partial charge in [0, 0.05) is 11.1 Å². The molecule has 0 fully saturated rings. The molecule has 0 saturated carbocycles. The fraction of sp³-hybridized carbons (Fsp3) is 0.471. The van der Waals surface area contributed by atoms with E-state index < -0.39 is 0 Å². The van der Waals surface area contributed by atoms with Gasteiger partial charge in [-0.15, -0.1) is 0 Å². The van der Waals surface area contributed by atoms with Crippen LogP contribution in [0.25, 0.3) is 6.08 Å². The first-order chi connectivity index (χ1) is 18.5. The van der Waals surface area contributed by atoms with Crippen LogP contribution in [0.3, 0.4) is 0 Å². The Morgan fingerprint density at radius 1 is 0.763 bits per heavy atom. The predicted molar refractivity (Wildman–Crippen MR) is 158 cm³/mol. The number of carbonyl (C=O) groups is 2. The lowest BCUT2D eigenvalue weighted by atomic mass is 10.1. The molecule has 0 spiro atoms. The van der Waals surface area contributed by atoms with E-state index in [1.54, 1.807) is 13.0 Å². The van der Waals surface area contributed by atoms with Gasteiger partial charge in [0.2, 0.25) is 0 Å². The minimum absolute atomic E-state index is 0.00202. The summed E-state index contributed by atoms with van der Waals surface area (Å²) in [5.74, 6) is 0.517. The number of allylic oxidation sites excluding steroid dienone is 1. The number of aryl methyl sites for hydroxylation is 1. The van der Waals surface area contributed by atoms with Crippen molar-refractivity contribution >= 4 is 17.8 Å². The topological polar surface area (TPSA) is 52.6 Å². The highest BCUT2D eigenvalue weighted by atomic mass is 16.5. The number of rotatable bonds is 20. The summed E-state index contributed by atoms with van der Waals surface area (Å²) in [4.78, 5) is 23.8. The minimum atomic E-state index is -0.288. The molecule has 2 aromatic carbocycles. The van der Waals surface area contributed by atoms with Crippen LogP contribution in [0.4, 0.5) is 0 Å². The van der Waals surface area contributed by atoms with Crippen LogP contribution >= 0.6 is 0 Å². The van der Waals surface area contributed by atoms with Gasteiger partial charge >= 0.3 is 5.97 Å². The second-order valence-corrected chi connectivity index (χ2v) is 10.0. The fourth-order valence-corrected chi connectivity index (χ4v) is 4.08. The summed E-state index contributed by atoms with van der Waals surface area (Å²) in [7, 11) is 0. The van der Waals surface area contributed by atoms with Crippen LogP contribution in [-0.4, -0.2) is 25.0 Å². The van der Waals surface area contributed by atoms with Crippen molar-refractivity contribution in [2.75, 3.05) is 13.2 Å². The Labute approximate surface area is 230 Å². The van der Waals surface area contributed by atoms with Gasteiger partial charge in [-0.1, -0.05) is 95.2 Å². The number of hydrogen-bond acceptors (Lipinski definition) is 4. The number of ketones is 1. The molecule has 0 unspecified atom stereocenters. The van der Waals surface area contributed by atoms with Gasteiger partial charge in [0.25, 0.3) is 0 Å². The Kier molecular flexibility index (Phi) is 15.5. The van der Waals surface area contributed by atoms with E-state index in [2.05, 4.69) is 37.8 Å². The highest BCUT2D eigenvalue weighted by molar-refractivity contribution is 6.06. The molecule has 2 rings (SSSR count). The summed E-state index contributed by atoms with van der Waals surface area (Å²) < 4.78 is 11.0. The van der Waals surface area contributed by atoms with Crippen molar-refractivity contribution < 1.29 is 19.1 Å². The number of hydrogen-bond donors (Lipinski definition) is 0. The molecule has 0 atom stereocenters. The summed E-state index contributed by atoms with van der Waals surface area (Å²) in [5.41, 5.74) is 3.51. The first kappa shape index (κ1) is 31.1. The fourth-order valence-electron chi connectivity index (χ4n) is 4.08. The zero-order chi connectivity index (χ0) is 27.4. The smallest absolute Gasteiger partial charge is 0.333 e. The molecular weight excluding hydrogens is 472 g/mol. The number of benzene rings is 2. The molecule has 0 amide bonds. The molecular formula is C34H46O4. The van der Waals surface area contributed by atoms with E-state index in [-0.39, 0.29) is 11.8 Å². The van der Waals surface area contributed by atoms with Crippen LogP contribution in [0.15, 0.2) is 66.8 Å². The van der Waals surface area contributed by atoms with E-state index in [0.717, 1.165) is 43.4 Å². The maximum absolute atomic E-state index is 12.5. The summed E-state index contributed by atoms with van der Waals surface area (Å²) >= 11 is 0. The van der Waals surface area contributed by atoms with E-state index in [4.69, 9.17) is 9.47 Å². The molecule has 0 aliphatic rings. The Balaban J connectivity index is 1.51. The first-order valence-electron chi connectivity index (χ1n) is 14.4. The summed E-state index contributed by atoms with van der Waals surface area (Å²) in [6.07, 6.45) is 17.4. The van der Waals surface area contributed by atoms with E-state index in [9.17, 15) is 9.59 Å². The van der Waals surface area contributed by atoms with Gasteiger partial charge in [0.1, 0.15) is 5.75 Å². The molecule has 0 heterocycles. The number of carbonyl (C=O) groups excluding carboxylic acids is 2. The second-order valence-electron chi connectivity index (χ2n) is 10.0. The van der Waals surface area contributed by atoms with Crippen molar-refractivity contribution in [3.05, 3.63) is 83.4 Å². The molecule has 206 valence electrons. The maximum Gasteiger partial charge on any atom is 0.333 e. The van der Waals surface area contributed by atoms with Gasteiger partial charge in [-0.3, -0.25) is 4.79 Å². The summed E-state index contributed by atoms with van der Waals surface area (Å²) in [5, 5.41) is 0. The molecule has 0 N–H and O–H groups in total. The first-order valence-corrected chi connectivity index (χ1v) is 14.4. The van der Waals surface area contributed by atoms with E-state index in [0.29, 0.717) is 24.4 Å². The highest BCUT2D eigenvalue weighted by Crippen LogP contribution is 2.16. The third-order valence-electron chi connectivity index (χ3n) is 6.50. The Bertz CT molecular complexity index is 986. The van der Waals surface area contributed by atoms with Crippen LogP contribution in [0.1, 0.15) is 106 Å². The third kappa shape index (κ3) is 13.4. The summed E-state index contributed by atoms with van der Waals surface area (Å²) in [6.45, 7) is 8.65. The van der Waals surface area contributed by atoms with Gasteiger partial charge < -0.3 is 9.47 Å². The third-order valence-corrected chi connectivity index (χ3v) is 6.50. The number of ether oxygens (including phenoxy) is 2. The lowest BCUT2D eigenvalue weighted by Crippen LogP contribution is -2.05. The molecule has 0 aliphatic heterocycles. The van der Waals surface area contributed by atoms with E-state index >= 15 is 0 Å². The van der Waals surface area contributed by atoms with Crippen LogP contribution in [0.2, 0.25) is 0 Å². The Morgan fingerprint density at radius 3 is 1.92 bits per heavy atom. The number of unbranched alkanes of at least 4 members (excludes halogenated alkanes) is 9.